The molecular formula is C15H22FN. The molecule has 0 saturated heterocycles. The van der Waals surface area contributed by atoms with E-state index in [0.717, 1.165) is 18.5 Å². The summed E-state index contributed by atoms with van der Waals surface area (Å²) >= 11 is 0. The van der Waals surface area contributed by atoms with Gasteiger partial charge in [-0.25, -0.2) is 4.39 Å². The van der Waals surface area contributed by atoms with E-state index in [1.807, 2.05) is 6.07 Å². The zero-order chi connectivity index (χ0) is 12.7. The molecular weight excluding hydrogens is 213 g/mol. The maximum absolute atomic E-state index is 13.3. The molecule has 1 aliphatic carbocycles. The lowest BCUT2D eigenvalue weighted by atomic mass is 9.92. The van der Waals surface area contributed by atoms with Crippen LogP contribution in [-0.4, -0.2) is 12.1 Å². The molecule has 0 radical (unpaired) electrons. The quantitative estimate of drug-likeness (QED) is 0.845. The van der Waals surface area contributed by atoms with Crippen molar-refractivity contribution >= 4 is 0 Å². The lowest BCUT2D eigenvalue weighted by molar-refractivity contribution is 0.391. The van der Waals surface area contributed by atoms with E-state index < -0.39 is 0 Å². The van der Waals surface area contributed by atoms with E-state index in [0.29, 0.717) is 5.92 Å². The van der Waals surface area contributed by atoms with Crippen molar-refractivity contribution in [2.45, 2.75) is 45.1 Å². The zero-order valence-corrected chi connectivity index (χ0v) is 11.2. The number of benzene rings is 1. The van der Waals surface area contributed by atoms with E-state index in [1.54, 1.807) is 6.07 Å². The van der Waals surface area contributed by atoms with Gasteiger partial charge < -0.3 is 5.32 Å². The second kappa shape index (κ2) is 4.09. The van der Waals surface area contributed by atoms with Gasteiger partial charge in [-0.05, 0) is 50.8 Å². The van der Waals surface area contributed by atoms with Crippen molar-refractivity contribution < 1.29 is 4.39 Å². The van der Waals surface area contributed by atoms with Gasteiger partial charge in [0.05, 0.1) is 0 Å². The van der Waals surface area contributed by atoms with Crippen LogP contribution in [0.3, 0.4) is 0 Å². The molecule has 0 heterocycles. The summed E-state index contributed by atoms with van der Waals surface area (Å²) in [7, 11) is 0. The molecule has 0 aromatic heterocycles. The highest BCUT2D eigenvalue weighted by Crippen LogP contribution is 2.53. The monoisotopic (exact) mass is 235 g/mol. The van der Waals surface area contributed by atoms with E-state index in [2.05, 4.69) is 39.1 Å². The molecule has 2 heteroatoms. The molecule has 2 unspecified atom stereocenters. The summed E-state index contributed by atoms with van der Waals surface area (Å²) in [6, 6.07) is 7.07. The third-order valence-electron chi connectivity index (χ3n) is 3.79. The molecule has 0 amide bonds. The molecule has 1 N–H and O–H groups in total. The van der Waals surface area contributed by atoms with Crippen LogP contribution in [0, 0.1) is 11.7 Å². The van der Waals surface area contributed by atoms with Crippen molar-refractivity contribution in [1.29, 1.82) is 0 Å². The fraction of sp³-hybridized carbons (Fsp3) is 0.600. The summed E-state index contributed by atoms with van der Waals surface area (Å²) in [6.45, 7) is 9.67. The van der Waals surface area contributed by atoms with Crippen molar-refractivity contribution in [2.75, 3.05) is 6.54 Å². The predicted octanol–water partition coefficient (Wildman–Crippen LogP) is 3.49. The molecule has 0 aliphatic heterocycles. The van der Waals surface area contributed by atoms with Crippen molar-refractivity contribution in [3.05, 3.63) is 35.6 Å². The minimum Gasteiger partial charge on any atom is -0.311 e. The van der Waals surface area contributed by atoms with E-state index in [9.17, 15) is 4.39 Å². The van der Waals surface area contributed by atoms with Crippen LogP contribution in [0.25, 0.3) is 0 Å². The van der Waals surface area contributed by atoms with Gasteiger partial charge in [-0.15, -0.1) is 0 Å². The average Bonchev–Trinajstić information content (AvgIpc) is 2.87. The molecule has 1 fully saturated rings. The average molecular weight is 235 g/mol. The first kappa shape index (κ1) is 12.6. The highest BCUT2D eigenvalue weighted by atomic mass is 19.1. The summed E-state index contributed by atoms with van der Waals surface area (Å²) < 4.78 is 13.3. The van der Waals surface area contributed by atoms with Crippen LogP contribution in [0.2, 0.25) is 0 Å². The fourth-order valence-electron chi connectivity index (χ4n) is 2.46. The Balaban J connectivity index is 2.16. The van der Waals surface area contributed by atoms with Crippen LogP contribution in [-0.2, 0) is 5.41 Å². The van der Waals surface area contributed by atoms with Gasteiger partial charge >= 0.3 is 0 Å². The Hall–Kier alpha value is -0.890. The smallest absolute Gasteiger partial charge is 0.123 e. The first-order chi connectivity index (χ1) is 7.83. The normalized spacial score (nSPS) is 28.2. The Bertz CT molecular complexity index is 408. The van der Waals surface area contributed by atoms with Crippen LogP contribution in [0.4, 0.5) is 4.39 Å². The number of hydrogen-bond acceptors (Lipinski definition) is 1. The highest BCUT2D eigenvalue weighted by molar-refractivity contribution is 5.34. The van der Waals surface area contributed by atoms with Crippen molar-refractivity contribution in [3.8, 4) is 0 Å². The topological polar surface area (TPSA) is 12.0 Å². The Morgan fingerprint density at radius 2 is 2.06 bits per heavy atom. The summed E-state index contributed by atoms with van der Waals surface area (Å²) in [5, 5.41) is 3.55. The largest absolute Gasteiger partial charge is 0.311 e. The SMILES string of the molecule is CC1CC1(CNC(C)(C)C)c1cccc(F)c1. The van der Waals surface area contributed by atoms with Crippen molar-refractivity contribution in [2.24, 2.45) is 5.92 Å². The second-order valence-corrected chi connectivity index (χ2v) is 6.38. The molecule has 1 aliphatic rings. The maximum Gasteiger partial charge on any atom is 0.123 e. The molecule has 0 spiro atoms. The number of halogens is 1. The van der Waals surface area contributed by atoms with Crippen LogP contribution in [0.5, 0.6) is 0 Å². The van der Waals surface area contributed by atoms with Gasteiger partial charge in [0.15, 0.2) is 0 Å². The van der Waals surface area contributed by atoms with Gasteiger partial charge in [-0.3, -0.25) is 0 Å². The highest BCUT2D eigenvalue weighted by Gasteiger charge is 2.52. The summed E-state index contributed by atoms with van der Waals surface area (Å²) in [5.41, 5.74) is 1.40. The van der Waals surface area contributed by atoms with E-state index in [-0.39, 0.29) is 16.8 Å². The molecule has 1 aromatic carbocycles. The third kappa shape index (κ3) is 2.68. The molecule has 2 atom stereocenters. The Morgan fingerprint density at radius 3 is 2.53 bits per heavy atom. The standard InChI is InChI=1S/C15H22FN/c1-11-9-15(11,10-17-14(2,3)4)12-6-5-7-13(16)8-12/h5-8,11,17H,9-10H2,1-4H3. The van der Waals surface area contributed by atoms with Gasteiger partial charge in [-0.2, -0.15) is 0 Å². The summed E-state index contributed by atoms with van der Waals surface area (Å²) in [6.07, 6.45) is 1.15. The first-order valence-corrected chi connectivity index (χ1v) is 6.35. The molecule has 17 heavy (non-hydrogen) atoms. The van der Waals surface area contributed by atoms with Crippen LogP contribution in [0.1, 0.15) is 39.7 Å². The zero-order valence-electron chi connectivity index (χ0n) is 11.2. The van der Waals surface area contributed by atoms with Crippen molar-refractivity contribution in [1.82, 2.24) is 5.32 Å². The van der Waals surface area contributed by atoms with Gasteiger partial charge in [0.25, 0.3) is 0 Å². The Labute approximate surface area is 103 Å². The van der Waals surface area contributed by atoms with Gasteiger partial charge in [-0.1, -0.05) is 19.1 Å². The maximum atomic E-state index is 13.3. The Morgan fingerprint density at radius 1 is 1.41 bits per heavy atom. The molecule has 94 valence electrons. The second-order valence-electron chi connectivity index (χ2n) is 6.38. The summed E-state index contributed by atoms with van der Waals surface area (Å²) in [5.74, 6) is 0.510. The number of rotatable bonds is 3. The lowest BCUT2D eigenvalue weighted by Gasteiger charge is -2.26. The minimum absolute atomic E-state index is 0.114. The third-order valence-corrected chi connectivity index (χ3v) is 3.79. The van der Waals surface area contributed by atoms with E-state index >= 15 is 0 Å². The Kier molecular flexibility index (Phi) is 3.03. The van der Waals surface area contributed by atoms with Gasteiger partial charge in [0.1, 0.15) is 5.82 Å². The molecule has 1 saturated carbocycles. The van der Waals surface area contributed by atoms with Crippen LogP contribution in [0.15, 0.2) is 24.3 Å². The fourth-order valence-corrected chi connectivity index (χ4v) is 2.46. The molecule has 2 rings (SSSR count). The molecule has 0 bridgehead atoms. The van der Waals surface area contributed by atoms with E-state index in [4.69, 9.17) is 0 Å². The number of hydrogen-bond donors (Lipinski definition) is 1. The summed E-state index contributed by atoms with van der Waals surface area (Å²) in [4.78, 5) is 0. The lowest BCUT2D eigenvalue weighted by Crippen LogP contribution is -2.41. The first-order valence-electron chi connectivity index (χ1n) is 6.35. The van der Waals surface area contributed by atoms with Crippen LogP contribution >= 0.6 is 0 Å². The molecule has 1 nitrogen and oxygen atoms in total. The van der Waals surface area contributed by atoms with Gasteiger partial charge in [0.2, 0.25) is 0 Å². The van der Waals surface area contributed by atoms with Gasteiger partial charge in [0, 0.05) is 17.5 Å². The van der Waals surface area contributed by atoms with E-state index in [1.165, 1.54) is 6.07 Å². The molecule has 1 aromatic rings. The van der Waals surface area contributed by atoms with Crippen molar-refractivity contribution in [3.63, 3.8) is 0 Å². The number of nitrogens with one attached hydrogen (secondary N) is 1. The predicted molar refractivity (Wildman–Crippen MR) is 69.6 cm³/mol. The van der Waals surface area contributed by atoms with Crippen LogP contribution < -0.4 is 5.32 Å². The minimum atomic E-state index is -0.128.